The average Bonchev–Trinajstić information content (AvgIpc) is 2.99. The molecule has 0 atom stereocenters. The zero-order chi connectivity index (χ0) is 15.9. The molecule has 0 spiro atoms. The first-order valence-electron chi connectivity index (χ1n) is 6.94. The highest BCUT2D eigenvalue weighted by molar-refractivity contribution is 8.19. The topological polar surface area (TPSA) is 42.3 Å². The van der Waals surface area contributed by atoms with Crippen LogP contribution in [0.2, 0.25) is 0 Å². The Labute approximate surface area is 133 Å². The molecule has 4 nitrogen and oxygen atoms in total. The number of benzene rings is 1. The van der Waals surface area contributed by atoms with Crippen molar-refractivity contribution in [2.75, 3.05) is 4.90 Å². The number of imide groups is 1. The van der Waals surface area contributed by atoms with Crippen LogP contribution in [0.25, 0.3) is 6.08 Å². The first-order valence-corrected chi connectivity index (χ1v) is 7.76. The molecule has 2 amide bonds. The van der Waals surface area contributed by atoms with E-state index in [-0.39, 0.29) is 11.1 Å². The quantitative estimate of drug-likeness (QED) is 0.790. The number of rotatable bonds is 2. The number of hydrogen-bond acceptors (Lipinski definition) is 3. The van der Waals surface area contributed by atoms with Gasteiger partial charge in [0, 0.05) is 18.9 Å². The zero-order valence-electron chi connectivity index (χ0n) is 12.7. The number of carbonyl (C=O) groups excluding carboxylic acids is 2. The summed E-state index contributed by atoms with van der Waals surface area (Å²) >= 11 is 0.983. The summed E-state index contributed by atoms with van der Waals surface area (Å²) in [6.45, 7) is 3.90. The van der Waals surface area contributed by atoms with Crippen molar-refractivity contribution in [3.63, 3.8) is 0 Å². The molecule has 1 fully saturated rings. The molecule has 1 aliphatic heterocycles. The van der Waals surface area contributed by atoms with E-state index < -0.39 is 0 Å². The van der Waals surface area contributed by atoms with Crippen LogP contribution in [-0.4, -0.2) is 15.7 Å². The van der Waals surface area contributed by atoms with Crippen LogP contribution >= 0.6 is 11.8 Å². The predicted molar refractivity (Wildman–Crippen MR) is 89.8 cm³/mol. The molecule has 1 aliphatic rings. The first kappa shape index (κ1) is 14.7. The van der Waals surface area contributed by atoms with Gasteiger partial charge in [-0.3, -0.25) is 9.59 Å². The van der Waals surface area contributed by atoms with Crippen molar-refractivity contribution < 1.29 is 9.59 Å². The summed E-state index contributed by atoms with van der Waals surface area (Å²) < 4.78 is 1.91. The van der Waals surface area contributed by atoms with Gasteiger partial charge in [0.05, 0.1) is 10.6 Å². The highest BCUT2D eigenvalue weighted by Crippen LogP contribution is 2.37. The van der Waals surface area contributed by atoms with Crippen molar-refractivity contribution in [3.05, 3.63) is 58.3 Å². The second-order valence-electron chi connectivity index (χ2n) is 5.28. The minimum Gasteiger partial charge on any atom is -0.351 e. The maximum Gasteiger partial charge on any atom is 0.298 e. The number of carbonyl (C=O) groups is 2. The van der Waals surface area contributed by atoms with Crippen LogP contribution in [0.5, 0.6) is 0 Å². The van der Waals surface area contributed by atoms with Crippen molar-refractivity contribution >= 4 is 34.7 Å². The molecule has 1 aromatic heterocycles. The normalized spacial score (nSPS) is 16.9. The van der Waals surface area contributed by atoms with E-state index in [1.807, 2.05) is 62.0 Å². The summed E-state index contributed by atoms with van der Waals surface area (Å²) in [5.41, 5.74) is 3.57. The van der Waals surface area contributed by atoms with E-state index in [4.69, 9.17) is 0 Å². The van der Waals surface area contributed by atoms with E-state index in [9.17, 15) is 9.59 Å². The Morgan fingerprint density at radius 1 is 1.09 bits per heavy atom. The molecule has 2 heterocycles. The van der Waals surface area contributed by atoms with Gasteiger partial charge in [-0.2, -0.15) is 0 Å². The Balaban J connectivity index is 2.01. The third kappa shape index (κ3) is 2.37. The van der Waals surface area contributed by atoms with Crippen LogP contribution < -0.4 is 4.90 Å². The zero-order valence-corrected chi connectivity index (χ0v) is 13.5. The summed E-state index contributed by atoms with van der Waals surface area (Å²) in [4.78, 5) is 26.6. The predicted octanol–water partition coefficient (Wildman–Crippen LogP) is 3.88. The maximum absolute atomic E-state index is 12.6. The highest BCUT2D eigenvalue weighted by Gasteiger charge is 2.37. The second-order valence-corrected chi connectivity index (χ2v) is 6.27. The lowest BCUT2D eigenvalue weighted by Gasteiger charge is -2.16. The smallest absolute Gasteiger partial charge is 0.298 e. The molecule has 22 heavy (non-hydrogen) atoms. The molecule has 0 unspecified atom stereocenters. The Bertz CT molecular complexity index is 805. The largest absolute Gasteiger partial charge is 0.351 e. The van der Waals surface area contributed by atoms with Gasteiger partial charge in [0.25, 0.3) is 11.1 Å². The van der Waals surface area contributed by atoms with Crippen LogP contribution in [-0.2, 0) is 11.8 Å². The minimum absolute atomic E-state index is 0.251. The van der Waals surface area contributed by atoms with Gasteiger partial charge < -0.3 is 4.57 Å². The molecular weight excluding hydrogens is 296 g/mol. The van der Waals surface area contributed by atoms with Crippen LogP contribution in [0.4, 0.5) is 10.5 Å². The van der Waals surface area contributed by atoms with Crippen LogP contribution in [0, 0.1) is 13.8 Å². The van der Waals surface area contributed by atoms with Gasteiger partial charge in [0.2, 0.25) is 0 Å². The third-order valence-electron chi connectivity index (χ3n) is 3.87. The minimum atomic E-state index is -0.259. The maximum atomic E-state index is 12.6. The molecule has 0 bridgehead atoms. The number of aromatic nitrogens is 1. The molecule has 0 saturated carbocycles. The number of anilines is 1. The van der Waals surface area contributed by atoms with Gasteiger partial charge in [0.15, 0.2) is 0 Å². The van der Waals surface area contributed by atoms with Gasteiger partial charge in [-0.25, -0.2) is 4.90 Å². The summed E-state index contributed by atoms with van der Waals surface area (Å²) in [6.07, 6.45) is 3.66. The van der Waals surface area contributed by atoms with Crippen LogP contribution in [0.1, 0.15) is 16.8 Å². The van der Waals surface area contributed by atoms with Gasteiger partial charge in [-0.1, -0.05) is 12.1 Å². The van der Waals surface area contributed by atoms with Gasteiger partial charge in [-0.15, -0.1) is 0 Å². The van der Waals surface area contributed by atoms with Crippen molar-refractivity contribution in [1.29, 1.82) is 0 Å². The Morgan fingerprint density at radius 2 is 1.86 bits per heavy atom. The molecule has 0 radical (unpaired) electrons. The SMILES string of the molecule is Cc1cccc(N2C(=O)SC(=Cc3cccn3C)C2=O)c1C. The van der Waals surface area contributed by atoms with E-state index in [2.05, 4.69) is 0 Å². The molecule has 1 aromatic carbocycles. The molecule has 2 aromatic rings. The summed E-state index contributed by atoms with van der Waals surface area (Å²) in [7, 11) is 1.90. The summed E-state index contributed by atoms with van der Waals surface area (Å²) in [5.74, 6) is -0.259. The summed E-state index contributed by atoms with van der Waals surface area (Å²) in [6, 6.07) is 9.45. The van der Waals surface area contributed by atoms with Crippen molar-refractivity contribution in [3.8, 4) is 0 Å². The third-order valence-corrected chi connectivity index (χ3v) is 4.74. The van der Waals surface area contributed by atoms with Gasteiger partial charge in [0.1, 0.15) is 0 Å². The fourth-order valence-electron chi connectivity index (χ4n) is 2.41. The van der Waals surface area contributed by atoms with Crippen molar-refractivity contribution in [1.82, 2.24) is 4.57 Å². The average molecular weight is 312 g/mol. The number of nitrogens with zero attached hydrogens (tertiary/aromatic N) is 2. The molecule has 5 heteroatoms. The molecule has 1 saturated heterocycles. The number of aryl methyl sites for hydroxylation is 2. The second kappa shape index (κ2) is 5.50. The lowest BCUT2D eigenvalue weighted by molar-refractivity contribution is -0.113. The lowest BCUT2D eigenvalue weighted by atomic mass is 10.1. The Hall–Kier alpha value is -2.27. The van der Waals surface area contributed by atoms with E-state index in [0.717, 1.165) is 28.6 Å². The van der Waals surface area contributed by atoms with Crippen molar-refractivity contribution in [2.45, 2.75) is 13.8 Å². The van der Waals surface area contributed by atoms with E-state index >= 15 is 0 Å². The summed E-state index contributed by atoms with van der Waals surface area (Å²) in [5, 5.41) is -0.251. The molecule has 0 N–H and O–H groups in total. The standard InChI is InChI=1S/C17H16N2O2S/c1-11-6-4-8-14(12(11)2)19-16(20)15(22-17(19)21)10-13-7-5-9-18(13)3/h4-10H,1-3H3. The molecular formula is C17H16N2O2S. The highest BCUT2D eigenvalue weighted by atomic mass is 32.2. The fraction of sp³-hybridized carbons (Fsp3) is 0.176. The van der Waals surface area contributed by atoms with E-state index in [1.165, 1.54) is 4.90 Å². The number of thioether (sulfide) groups is 1. The monoisotopic (exact) mass is 312 g/mol. The number of amides is 2. The van der Waals surface area contributed by atoms with Crippen LogP contribution in [0.3, 0.4) is 0 Å². The fourth-order valence-corrected chi connectivity index (χ4v) is 3.23. The van der Waals surface area contributed by atoms with Crippen LogP contribution in [0.15, 0.2) is 41.4 Å². The molecule has 3 rings (SSSR count). The Morgan fingerprint density at radius 3 is 2.55 bits per heavy atom. The first-order chi connectivity index (χ1) is 10.5. The van der Waals surface area contributed by atoms with E-state index in [1.54, 1.807) is 6.08 Å². The van der Waals surface area contributed by atoms with Gasteiger partial charge in [-0.05, 0) is 61.0 Å². The Kier molecular flexibility index (Phi) is 3.66. The molecule has 112 valence electrons. The van der Waals surface area contributed by atoms with Crippen molar-refractivity contribution in [2.24, 2.45) is 7.05 Å². The number of hydrogen-bond donors (Lipinski definition) is 0. The van der Waals surface area contributed by atoms with E-state index in [0.29, 0.717) is 10.6 Å². The lowest BCUT2D eigenvalue weighted by Crippen LogP contribution is -2.28. The van der Waals surface area contributed by atoms with Gasteiger partial charge >= 0.3 is 0 Å². The molecule has 0 aliphatic carbocycles.